The summed E-state index contributed by atoms with van der Waals surface area (Å²) in [4.78, 5) is 0. The molecule has 67 heavy (non-hydrogen) atoms. The van der Waals surface area contributed by atoms with Gasteiger partial charge in [0.05, 0.1) is 30.3 Å². The topological polar surface area (TPSA) is 18.1 Å². The summed E-state index contributed by atoms with van der Waals surface area (Å²) in [6, 6.07) is 74.9. The lowest BCUT2D eigenvalue weighted by molar-refractivity contribution is 0.673. The smallest absolute Gasteiger partial charge is 0.179 e. The summed E-state index contributed by atoms with van der Waals surface area (Å²) < 4.78 is 67.9. The highest BCUT2D eigenvalue weighted by molar-refractivity contribution is 7.20. The van der Waals surface area contributed by atoms with Crippen LogP contribution in [-0.2, 0) is 0 Å². The van der Waals surface area contributed by atoms with E-state index in [1.54, 1.807) is 0 Å². The van der Waals surface area contributed by atoms with Crippen LogP contribution >= 0.6 is 0 Å². The van der Waals surface area contributed by atoms with Crippen molar-refractivity contribution in [1.29, 1.82) is 0 Å². The predicted molar refractivity (Wildman–Crippen MR) is 285 cm³/mol. The third-order valence-corrected chi connectivity index (χ3v) is 18.2. The van der Waals surface area contributed by atoms with Gasteiger partial charge >= 0.3 is 0 Å². The van der Waals surface area contributed by atoms with Crippen molar-refractivity contribution in [1.82, 2.24) is 4.57 Å². The highest BCUT2D eigenvalue weighted by atomic mass is 28.3. The lowest BCUT2D eigenvalue weighted by Gasteiger charge is -2.36. The lowest BCUT2D eigenvalue weighted by Crippen LogP contribution is -2.74. The number of para-hydroxylation sites is 2. The Balaban J connectivity index is 1.22. The summed E-state index contributed by atoms with van der Waals surface area (Å²) >= 11 is 0. The monoisotopic (exact) mass is 875 g/mol. The Morgan fingerprint density at radius 3 is 1.48 bits per heavy atom. The molecule has 0 aliphatic heterocycles. The van der Waals surface area contributed by atoms with Crippen molar-refractivity contribution in [2.75, 3.05) is 0 Å². The largest absolute Gasteiger partial charge is 0.455 e. The Bertz CT molecular complexity index is 4160. The fourth-order valence-corrected chi connectivity index (χ4v) is 15.4. The second-order valence-electron chi connectivity index (χ2n) is 17.0. The van der Waals surface area contributed by atoms with Crippen LogP contribution in [0, 0.1) is 0 Å². The van der Waals surface area contributed by atoms with Gasteiger partial charge in [0, 0.05) is 21.5 Å². The number of furan rings is 1. The Labute approximate surface area is 398 Å². The zero-order chi connectivity index (χ0) is 49.5. The quantitative estimate of drug-likeness (QED) is 0.110. The minimum absolute atomic E-state index is 0.151. The van der Waals surface area contributed by atoms with E-state index in [-0.39, 0.29) is 46.2 Å². The van der Waals surface area contributed by atoms with E-state index in [0.717, 1.165) is 54.6 Å². The maximum Gasteiger partial charge on any atom is 0.179 e. The first kappa shape index (κ1) is 33.0. The first-order valence-electron chi connectivity index (χ1n) is 25.6. The molecular weight excluding hydrogens is 827 g/mol. The second-order valence-corrected chi connectivity index (χ2v) is 20.8. The van der Waals surface area contributed by atoms with Crippen molar-refractivity contribution in [3.63, 3.8) is 0 Å². The minimum atomic E-state index is -3.21. The number of hydrogen-bond donors (Lipinski definition) is 0. The van der Waals surface area contributed by atoms with E-state index in [1.807, 2.05) is 102 Å². The molecule has 314 valence electrons. The molecule has 0 atom stereocenters. The molecule has 2 nitrogen and oxygen atoms in total. The zero-order valence-corrected chi connectivity index (χ0v) is 37.2. The van der Waals surface area contributed by atoms with Gasteiger partial charge in [-0.15, -0.1) is 0 Å². The third-order valence-electron chi connectivity index (χ3n) is 13.5. The maximum atomic E-state index is 10.5. The van der Waals surface area contributed by atoms with Crippen LogP contribution in [0.25, 0.3) is 93.6 Å². The van der Waals surface area contributed by atoms with Crippen LogP contribution in [0.1, 0.15) is 8.22 Å². The van der Waals surface area contributed by atoms with Crippen molar-refractivity contribution >= 4 is 83.3 Å². The van der Waals surface area contributed by atoms with Crippen molar-refractivity contribution < 1.29 is 12.6 Å². The van der Waals surface area contributed by atoms with Crippen molar-refractivity contribution in [2.45, 2.75) is 0 Å². The van der Waals surface area contributed by atoms with Crippen LogP contribution < -0.4 is 20.7 Å². The Hall–Kier alpha value is -8.50. The van der Waals surface area contributed by atoms with Crippen LogP contribution in [0.3, 0.4) is 0 Å². The van der Waals surface area contributed by atoms with Gasteiger partial charge in [-0.05, 0) is 89.8 Å². The van der Waals surface area contributed by atoms with Crippen molar-refractivity contribution in [3.8, 4) is 39.1 Å². The molecule has 3 heteroatoms. The molecule has 0 spiro atoms. The first-order chi connectivity index (χ1) is 35.8. The molecular formula is C64H43NOSi. The van der Waals surface area contributed by atoms with Crippen molar-refractivity contribution in [3.05, 3.63) is 261 Å². The molecule has 0 amide bonds. The summed E-state index contributed by atoms with van der Waals surface area (Å²) in [5.74, 6) is 0. The number of rotatable bonds is 8. The van der Waals surface area contributed by atoms with Gasteiger partial charge < -0.3 is 8.98 Å². The van der Waals surface area contributed by atoms with E-state index < -0.39 is 20.2 Å². The molecule has 13 rings (SSSR count). The molecule has 2 aromatic heterocycles. The number of hydrogen-bond acceptors (Lipinski definition) is 1. The summed E-state index contributed by atoms with van der Waals surface area (Å²) in [6.07, 6.45) is 0. The van der Waals surface area contributed by atoms with Gasteiger partial charge in [-0.25, -0.2) is 0 Å². The van der Waals surface area contributed by atoms with Gasteiger partial charge in [0.15, 0.2) is 8.07 Å². The molecule has 0 radical (unpaired) electrons. The van der Waals surface area contributed by atoms with Crippen LogP contribution in [0.2, 0.25) is 0 Å². The van der Waals surface area contributed by atoms with Gasteiger partial charge in [-0.3, -0.25) is 0 Å². The zero-order valence-electron chi connectivity index (χ0n) is 42.2. The number of fused-ring (bicyclic) bond motifs is 8. The Morgan fingerprint density at radius 2 is 0.881 bits per heavy atom. The molecule has 0 aliphatic carbocycles. The molecule has 0 unspecified atom stereocenters. The predicted octanol–water partition coefficient (Wildman–Crippen LogP) is 14.2. The maximum absolute atomic E-state index is 10.5. The van der Waals surface area contributed by atoms with Crippen LogP contribution in [0.4, 0.5) is 0 Å². The number of aromatic nitrogens is 1. The first-order valence-corrected chi connectivity index (χ1v) is 24.6. The summed E-state index contributed by atoms with van der Waals surface area (Å²) in [5, 5.41) is 8.51. The molecule has 11 aromatic carbocycles. The van der Waals surface area contributed by atoms with Gasteiger partial charge in [-0.2, -0.15) is 0 Å². The molecule has 0 saturated carbocycles. The summed E-state index contributed by atoms with van der Waals surface area (Å²) in [6.45, 7) is 0. The van der Waals surface area contributed by atoms with Gasteiger partial charge in [0.2, 0.25) is 0 Å². The molecule has 0 bridgehead atoms. The van der Waals surface area contributed by atoms with E-state index in [0.29, 0.717) is 22.2 Å². The van der Waals surface area contributed by atoms with E-state index in [9.17, 15) is 8.22 Å². The lowest BCUT2D eigenvalue weighted by atomic mass is 9.85. The van der Waals surface area contributed by atoms with Crippen molar-refractivity contribution in [2.24, 2.45) is 0 Å². The highest BCUT2D eigenvalue weighted by Gasteiger charge is 2.42. The molecule has 0 fully saturated rings. The van der Waals surface area contributed by atoms with Crippen LogP contribution in [0.5, 0.6) is 0 Å². The van der Waals surface area contributed by atoms with Gasteiger partial charge in [0.1, 0.15) is 11.2 Å². The SMILES string of the molecule is [2H]c1c([2H])c([2H])c2c(-n3c4ccccc4c4c5oc6ccccc6c5ccc43)c([2H])c([2H])c(-c3c(-c4ccccc4)cc([Si](c4ccccc4)(c4ccccc4)c4ccccc4)cc3-c3ccccc3)c2c1[2H]. The third kappa shape index (κ3) is 6.09. The van der Waals surface area contributed by atoms with Crippen LogP contribution in [-0.4, -0.2) is 12.6 Å². The average Bonchev–Trinajstić information content (AvgIpc) is 4.00. The van der Waals surface area contributed by atoms with Gasteiger partial charge in [0.25, 0.3) is 0 Å². The molecule has 0 N–H and O–H groups in total. The molecule has 2 heterocycles. The standard InChI is InChI=1S/C64H43NOSi/c1-6-22-44(23-7-1)56-42-49(67(46-26-10-3-11-27-46,47-28-12-4-13-29-47)48-30-14-5-15-31-48)43-57(45-24-8-2-9-25-45)62(56)53-38-40-59(51-33-17-16-32-50(51)53)65-58-36-20-18-35-55(58)63-60(65)41-39-54-52-34-19-21-37-61(52)66-64(54)63/h1-43H/i16D,17D,32D,33D,38D,40D. The molecule has 0 saturated heterocycles. The Kier molecular flexibility index (Phi) is 7.83. The van der Waals surface area contributed by atoms with E-state index in [4.69, 9.17) is 4.42 Å². The summed E-state index contributed by atoms with van der Waals surface area (Å²) in [7, 11) is -3.21. The summed E-state index contributed by atoms with van der Waals surface area (Å²) in [5.41, 5.74) is 7.13. The van der Waals surface area contributed by atoms with E-state index in [1.165, 1.54) is 15.6 Å². The number of nitrogens with zero attached hydrogens (tertiary/aromatic N) is 1. The van der Waals surface area contributed by atoms with Gasteiger partial charge in [-0.1, -0.05) is 230 Å². The molecule has 13 aromatic rings. The number of benzene rings is 11. The highest BCUT2D eigenvalue weighted by Crippen LogP contribution is 2.46. The fourth-order valence-electron chi connectivity index (χ4n) is 10.6. The second kappa shape index (κ2) is 15.9. The normalized spacial score (nSPS) is 13.1. The van der Waals surface area contributed by atoms with Crippen LogP contribution in [0.15, 0.2) is 265 Å². The average molecular weight is 876 g/mol. The minimum Gasteiger partial charge on any atom is -0.455 e. The van der Waals surface area contributed by atoms with E-state index >= 15 is 0 Å². The Morgan fingerprint density at radius 1 is 0.373 bits per heavy atom. The fraction of sp³-hybridized carbons (Fsp3) is 0. The molecule has 0 aliphatic rings. The van der Waals surface area contributed by atoms with E-state index in [2.05, 4.69) is 127 Å².